The summed E-state index contributed by atoms with van der Waals surface area (Å²) in [6, 6.07) is 0. The van der Waals surface area contributed by atoms with Gasteiger partial charge in [0.2, 0.25) is 0 Å². The molecule has 2 heterocycles. The first-order valence-electron chi connectivity index (χ1n) is 7.43. The van der Waals surface area contributed by atoms with Crippen LogP contribution in [0.4, 0.5) is 0 Å². The molecule has 1 aromatic rings. The second-order valence-electron chi connectivity index (χ2n) is 5.77. The predicted octanol–water partition coefficient (Wildman–Crippen LogP) is 0.829. The lowest BCUT2D eigenvalue weighted by Gasteiger charge is -2.18. The van der Waals surface area contributed by atoms with Gasteiger partial charge in [-0.2, -0.15) is 4.98 Å². The van der Waals surface area contributed by atoms with Crippen molar-refractivity contribution in [2.45, 2.75) is 40.2 Å². The lowest BCUT2D eigenvalue weighted by molar-refractivity contribution is -0.136. The van der Waals surface area contributed by atoms with Crippen LogP contribution < -0.4 is 5.69 Å². The number of hydrogen-bond acceptors (Lipinski definition) is 4. The van der Waals surface area contributed by atoms with E-state index in [1.807, 2.05) is 6.92 Å². The standard InChI is InChI=1S/C15H23N3O3/c1-4-17-6-5-12(8-17)9-18-11(3)13(7-14(19)20)10(2)16-15(18)21/h12H,4-9H2,1-3H3,(H,19,20). The van der Waals surface area contributed by atoms with Crippen molar-refractivity contribution in [3.63, 3.8) is 0 Å². The molecule has 1 unspecified atom stereocenters. The molecule has 0 aromatic carbocycles. The fraction of sp³-hybridized carbons (Fsp3) is 0.667. The van der Waals surface area contributed by atoms with Crippen molar-refractivity contribution in [3.8, 4) is 0 Å². The van der Waals surface area contributed by atoms with Crippen LogP contribution in [0.3, 0.4) is 0 Å². The smallest absolute Gasteiger partial charge is 0.347 e. The van der Waals surface area contributed by atoms with Gasteiger partial charge in [-0.3, -0.25) is 9.36 Å². The van der Waals surface area contributed by atoms with E-state index in [-0.39, 0.29) is 12.1 Å². The van der Waals surface area contributed by atoms with Gasteiger partial charge in [0, 0.05) is 30.0 Å². The summed E-state index contributed by atoms with van der Waals surface area (Å²) >= 11 is 0. The van der Waals surface area contributed by atoms with E-state index in [1.165, 1.54) is 0 Å². The highest BCUT2D eigenvalue weighted by Crippen LogP contribution is 2.19. The zero-order chi connectivity index (χ0) is 15.6. The number of carboxylic acids is 1. The number of aromatic nitrogens is 2. The van der Waals surface area contributed by atoms with Crippen molar-refractivity contribution >= 4 is 5.97 Å². The van der Waals surface area contributed by atoms with Crippen molar-refractivity contribution in [1.29, 1.82) is 0 Å². The van der Waals surface area contributed by atoms with Crippen molar-refractivity contribution in [1.82, 2.24) is 14.5 Å². The fourth-order valence-corrected chi connectivity index (χ4v) is 3.07. The summed E-state index contributed by atoms with van der Waals surface area (Å²) in [5.41, 5.74) is 1.66. The Bertz CT molecular complexity index is 595. The molecule has 0 aliphatic carbocycles. The van der Waals surface area contributed by atoms with E-state index in [2.05, 4.69) is 16.8 Å². The molecule has 6 nitrogen and oxygen atoms in total. The van der Waals surface area contributed by atoms with Crippen LogP contribution in [0.2, 0.25) is 0 Å². The molecule has 6 heteroatoms. The number of likely N-dealkylation sites (tertiary alicyclic amines) is 1. The van der Waals surface area contributed by atoms with Gasteiger partial charge in [0.05, 0.1) is 6.42 Å². The van der Waals surface area contributed by atoms with Crippen LogP contribution in [0.25, 0.3) is 0 Å². The number of aliphatic carboxylic acids is 1. The number of rotatable bonds is 5. The highest BCUT2D eigenvalue weighted by molar-refractivity contribution is 5.70. The molecule has 1 aliphatic heterocycles. The Hall–Kier alpha value is -1.69. The second-order valence-corrected chi connectivity index (χ2v) is 5.77. The first-order valence-corrected chi connectivity index (χ1v) is 7.43. The first kappa shape index (κ1) is 15.7. The Morgan fingerprint density at radius 1 is 1.43 bits per heavy atom. The number of carbonyl (C=O) groups is 1. The Morgan fingerprint density at radius 3 is 2.71 bits per heavy atom. The predicted molar refractivity (Wildman–Crippen MR) is 79.5 cm³/mol. The maximum absolute atomic E-state index is 12.1. The van der Waals surface area contributed by atoms with Crippen LogP contribution in [0.15, 0.2) is 4.79 Å². The number of nitrogens with zero attached hydrogens (tertiary/aromatic N) is 3. The van der Waals surface area contributed by atoms with Gasteiger partial charge in [-0.15, -0.1) is 0 Å². The van der Waals surface area contributed by atoms with E-state index < -0.39 is 5.97 Å². The first-order chi connectivity index (χ1) is 9.92. The fourth-order valence-electron chi connectivity index (χ4n) is 3.07. The van der Waals surface area contributed by atoms with Gasteiger partial charge >= 0.3 is 11.7 Å². The van der Waals surface area contributed by atoms with Gasteiger partial charge in [-0.1, -0.05) is 6.92 Å². The third kappa shape index (κ3) is 3.50. The van der Waals surface area contributed by atoms with Crippen LogP contribution in [0.1, 0.15) is 30.3 Å². The van der Waals surface area contributed by atoms with Crippen molar-refractivity contribution in [3.05, 3.63) is 27.4 Å². The van der Waals surface area contributed by atoms with Crippen LogP contribution in [-0.4, -0.2) is 45.2 Å². The van der Waals surface area contributed by atoms with Gasteiger partial charge < -0.3 is 10.0 Å². The minimum absolute atomic E-state index is 0.0866. The summed E-state index contributed by atoms with van der Waals surface area (Å²) in [5.74, 6) is -0.463. The van der Waals surface area contributed by atoms with Gasteiger partial charge in [-0.25, -0.2) is 4.79 Å². The zero-order valence-corrected chi connectivity index (χ0v) is 12.9. The topological polar surface area (TPSA) is 75.4 Å². The van der Waals surface area contributed by atoms with Crippen LogP contribution in [-0.2, 0) is 17.8 Å². The molecule has 0 radical (unpaired) electrons. The molecule has 1 aromatic heterocycles. The molecule has 1 fully saturated rings. The maximum Gasteiger partial charge on any atom is 0.347 e. The largest absolute Gasteiger partial charge is 0.481 e. The average molecular weight is 293 g/mol. The minimum Gasteiger partial charge on any atom is -0.481 e. The number of aryl methyl sites for hydroxylation is 1. The summed E-state index contributed by atoms with van der Waals surface area (Å²) < 4.78 is 1.65. The molecular formula is C15H23N3O3. The Morgan fingerprint density at radius 2 is 2.14 bits per heavy atom. The third-order valence-corrected chi connectivity index (χ3v) is 4.36. The van der Waals surface area contributed by atoms with Gasteiger partial charge in [0.1, 0.15) is 0 Å². The molecule has 0 saturated carbocycles. The van der Waals surface area contributed by atoms with Gasteiger partial charge in [0.25, 0.3) is 0 Å². The molecule has 2 rings (SSSR count). The molecule has 1 saturated heterocycles. The van der Waals surface area contributed by atoms with E-state index in [0.717, 1.165) is 31.7 Å². The van der Waals surface area contributed by atoms with Crippen LogP contribution >= 0.6 is 0 Å². The minimum atomic E-state index is -0.897. The highest BCUT2D eigenvalue weighted by Gasteiger charge is 2.23. The molecule has 21 heavy (non-hydrogen) atoms. The van der Waals surface area contributed by atoms with E-state index in [9.17, 15) is 9.59 Å². The lowest BCUT2D eigenvalue weighted by atomic mass is 10.1. The monoisotopic (exact) mass is 293 g/mol. The van der Waals surface area contributed by atoms with Gasteiger partial charge in [0.15, 0.2) is 0 Å². The third-order valence-electron chi connectivity index (χ3n) is 4.36. The Kier molecular flexibility index (Phi) is 4.77. The summed E-state index contributed by atoms with van der Waals surface area (Å²) in [5, 5.41) is 9.01. The molecule has 0 bridgehead atoms. The Balaban J connectivity index is 2.27. The van der Waals surface area contributed by atoms with Crippen molar-refractivity contribution < 1.29 is 9.90 Å². The highest BCUT2D eigenvalue weighted by atomic mass is 16.4. The summed E-state index contributed by atoms with van der Waals surface area (Å²) in [6.07, 6.45) is 0.985. The molecule has 1 N–H and O–H groups in total. The SMILES string of the molecule is CCN1CCC(Cn2c(C)c(CC(=O)O)c(C)nc2=O)C1. The van der Waals surface area contributed by atoms with Crippen LogP contribution in [0.5, 0.6) is 0 Å². The number of hydrogen-bond donors (Lipinski definition) is 1. The molecule has 1 aliphatic rings. The van der Waals surface area contributed by atoms with Gasteiger partial charge in [-0.05, 0) is 39.3 Å². The lowest BCUT2D eigenvalue weighted by Crippen LogP contribution is -2.31. The summed E-state index contributed by atoms with van der Waals surface area (Å²) in [6.45, 7) is 9.37. The normalized spacial score (nSPS) is 19.1. The van der Waals surface area contributed by atoms with E-state index >= 15 is 0 Å². The quantitative estimate of drug-likeness (QED) is 0.870. The van der Waals surface area contributed by atoms with E-state index in [0.29, 0.717) is 23.7 Å². The zero-order valence-electron chi connectivity index (χ0n) is 12.9. The van der Waals surface area contributed by atoms with Crippen LogP contribution in [0, 0.1) is 19.8 Å². The maximum atomic E-state index is 12.1. The van der Waals surface area contributed by atoms with Crippen molar-refractivity contribution in [2.24, 2.45) is 5.92 Å². The molecule has 0 spiro atoms. The van der Waals surface area contributed by atoms with E-state index in [1.54, 1.807) is 11.5 Å². The summed E-state index contributed by atoms with van der Waals surface area (Å²) in [4.78, 5) is 29.5. The van der Waals surface area contributed by atoms with Crippen molar-refractivity contribution in [2.75, 3.05) is 19.6 Å². The molecule has 116 valence electrons. The molecular weight excluding hydrogens is 270 g/mol. The second kappa shape index (κ2) is 6.39. The van der Waals surface area contributed by atoms with E-state index in [4.69, 9.17) is 5.11 Å². The number of carboxylic acid groups (broad SMARTS) is 1. The Labute approximate surface area is 124 Å². The summed E-state index contributed by atoms with van der Waals surface area (Å²) in [7, 11) is 0. The molecule has 0 amide bonds. The molecule has 1 atom stereocenters. The average Bonchev–Trinajstić information content (AvgIpc) is 2.87.